The quantitative estimate of drug-likeness (QED) is 0.756. The van der Waals surface area contributed by atoms with Crippen molar-refractivity contribution in [2.75, 3.05) is 32.8 Å². The van der Waals surface area contributed by atoms with Gasteiger partial charge in [0.2, 0.25) is 0 Å². The summed E-state index contributed by atoms with van der Waals surface area (Å²) in [6, 6.07) is 0.442. The van der Waals surface area contributed by atoms with Crippen molar-refractivity contribution < 1.29 is 4.74 Å². The Labute approximate surface area is 136 Å². The molecule has 1 unspecified atom stereocenters. The Morgan fingerprint density at radius 2 is 2.24 bits per heavy atom. The molecule has 0 spiro atoms. The van der Waals surface area contributed by atoms with Gasteiger partial charge in [0.25, 0.3) is 0 Å². The number of aromatic nitrogens is 2. The Morgan fingerprint density at radius 1 is 1.43 bits per heavy atom. The van der Waals surface area contributed by atoms with Gasteiger partial charge in [0.1, 0.15) is 0 Å². The number of nitrogens with one attached hydrogen (secondary N) is 1. The number of rotatable bonds is 7. The van der Waals surface area contributed by atoms with Gasteiger partial charge in [-0.2, -0.15) is 5.10 Å². The summed E-state index contributed by atoms with van der Waals surface area (Å²) in [5.74, 6) is 0. The van der Waals surface area contributed by atoms with Gasteiger partial charge in [-0.25, -0.2) is 0 Å². The molecule has 1 saturated heterocycles. The minimum absolute atomic E-state index is 0.442. The molecule has 0 bridgehead atoms. The molecule has 1 aromatic heterocycles. The van der Waals surface area contributed by atoms with Crippen LogP contribution in [0.25, 0.3) is 0 Å². The third-order valence-electron chi connectivity index (χ3n) is 4.01. The SMILES string of the molecule is CCCNCC1COCCN1Cc1c(Br)c(CC)nn1C. The normalized spacial score (nSPS) is 20.1. The number of aryl methyl sites for hydroxylation is 2. The van der Waals surface area contributed by atoms with E-state index >= 15 is 0 Å². The number of nitrogens with zero attached hydrogens (tertiary/aromatic N) is 3. The fourth-order valence-electron chi connectivity index (χ4n) is 2.71. The Bertz CT molecular complexity index is 449. The van der Waals surface area contributed by atoms with Gasteiger partial charge in [-0.15, -0.1) is 0 Å². The molecular formula is C15H27BrN4O. The van der Waals surface area contributed by atoms with Gasteiger partial charge in [0.05, 0.1) is 29.1 Å². The molecule has 2 heterocycles. The second-order valence-electron chi connectivity index (χ2n) is 5.59. The van der Waals surface area contributed by atoms with Crippen molar-refractivity contribution in [2.24, 2.45) is 7.05 Å². The lowest BCUT2D eigenvalue weighted by Gasteiger charge is -2.35. The molecule has 5 nitrogen and oxygen atoms in total. The maximum atomic E-state index is 5.65. The van der Waals surface area contributed by atoms with E-state index in [1.807, 2.05) is 11.7 Å². The Balaban J connectivity index is 2.03. The monoisotopic (exact) mass is 358 g/mol. The van der Waals surface area contributed by atoms with Crippen LogP contribution in [0.5, 0.6) is 0 Å². The first-order valence-electron chi connectivity index (χ1n) is 7.90. The third-order valence-corrected chi connectivity index (χ3v) is 4.93. The van der Waals surface area contributed by atoms with E-state index in [0.717, 1.165) is 51.5 Å². The van der Waals surface area contributed by atoms with Crippen LogP contribution in [0.4, 0.5) is 0 Å². The Kier molecular flexibility index (Phi) is 6.67. The number of halogens is 1. The average Bonchev–Trinajstić information content (AvgIpc) is 2.76. The molecule has 0 aromatic carbocycles. The number of morpholine rings is 1. The highest BCUT2D eigenvalue weighted by atomic mass is 79.9. The first-order valence-corrected chi connectivity index (χ1v) is 8.69. The highest BCUT2D eigenvalue weighted by Crippen LogP contribution is 2.24. The van der Waals surface area contributed by atoms with E-state index in [-0.39, 0.29) is 0 Å². The van der Waals surface area contributed by atoms with Crippen molar-refractivity contribution in [3.05, 3.63) is 15.9 Å². The van der Waals surface area contributed by atoms with Crippen molar-refractivity contribution in [1.29, 1.82) is 0 Å². The van der Waals surface area contributed by atoms with E-state index in [1.165, 1.54) is 16.6 Å². The van der Waals surface area contributed by atoms with Gasteiger partial charge in [-0.05, 0) is 35.3 Å². The summed E-state index contributed by atoms with van der Waals surface area (Å²) in [7, 11) is 2.03. The lowest BCUT2D eigenvalue weighted by atomic mass is 10.2. The van der Waals surface area contributed by atoms with Crippen LogP contribution < -0.4 is 5.32 Å². The first kappa shape index (κ1) is 16.9. The lowest BCUT2D eigenvalue weighted by Crippen LogP contribution is -2.50. The summed E-state index contributed by atoms with van der Waals surface area (Å²) in [5, 5.41) is 8.10. The van der Waals surface area contributed by atoms with Crippen molar-refractivity contribution in [3.8, 4) is 0 Å². The molecule has 0 saturated carbocycles. The van der Waals surface area contributed by atoms with Crippen molar-refractivity contribution >= 4 is 15.9 Å². The number of ether oxygens (including phenoxy) is 1. The van der Waals surface area contributed by atoms with Gasteiger partial charge in [-0.1, -0.05) is 13.8 Å². The molecule has 1 aromatic rings. The number of hydrogen-bond acceptors (Lipinski definition) is 4. The smallest absolute Gasteiger partial charge is 0.0767 e. The minimum atomic E-state index is 0.442. The van der Waals surface area contributed by atoms with E-state index in [9.17, 15) is 0 Å². The van der Waals surface area contributed by atoms with E-state index in [0.29, 0.717) is 6.04 Å². The van der Waals surface area contributed by atoms with Crippen molar-refractivity contribution in [3.63, 3.8) is 0 Å². The molecule has 2 rings (SSSR count). The fourth-order valence-corrected chi connectivity index (χ4v) is 3.46. The van der Waals surface area contributed by atoms with E-state index in [1.54, 1.807) is 0 Å². The van der Waals surface area contributed by atoms with Gasteiger partial charge in [0, 0.05) is 32.7 Å². The summed E-state index contributed by atoms with van der Waals surface area (Å²) in [6.07, 6.45) is 2.12. The summed E-state index contributed by atoms with van der Waals surface area (Å²) in [5.41, 5.74) is 2.40. The fraction of sp³-hybridized carbons (Fsp3) is 0.800. The molecule has 1 aliphatic heterocycles. The predicted octanol–water partition coefficient (Wildman–Crippen LogP) is 1.95. The largest absolute Gasteiger partial charge is 0.378 e. The maximum absolute atomic E-state index is 5.65. The highest BCUT2D eigenvalue weighted by molar-refractivity contribution is 9.10. The van der Waals surface area contributed by atoms with Crippen molar-refractivity contribution in [1.82, 2.24) is 20.0 Å². The molecule has 21 heavy (non-hydrogen) atoms. The summed E-state index contributed by atoms with van der Waals surface area (Å²) < 4.78 is 8.83. The van der Waals surface area contributed by atoms with Crippen molar-refractivity contribution in [2.45, 2.75) is 39.3 Å². The molecule has 0 aliphatic carbocycles. The maximum Gasteiger partial charge on any atom is 0.0767 e. The first-order chi connectivity index (χ1) is 10.2. The summed E-state index contributed by atoms with van der Waals surface area (Å²) >= 11 is 3.72. The van der Waals surface area contributed by atoms with E-state index in [4.69, 9.17) is 4.74 Å². The second kappa shape index (κ2) is 8.27. The predicted molar refractivity (Wildman–Crippen MR) is 88.5 cm³/mol. The molecule has 1 aliphatic rings. The standard InChI is InChI=1S/C15H27BrN4O/c1-4-6-17-9-12-11-21-8-7-20(12)10-14-15(16)13(5-2)18-19(14)3/h12,17H,4-11H2,1-3H3. The zero-order valence-corrected chi connectivity index (χ0v) is 14.9. The lowest BCUT2D eigenvalue weighted by molar-refractivity contribution is -0.0119. The van der Waals surface area contributed by atoms with Crippen LogP contribution in [0.3, 0.4) is 0 Å². The van der Waals surface area contributed by atoms with Gasteiger partial charge >= 0.3 is 0 Å². The van der Waals surface area contributed by atoms with Gasteiger partial charge in [0.15, 0.2) is 0 Å². The minimum Gasteiger partial charge on any atom is -0.378 e. The molecule has 6 heteroatoms. The van der Waals surface area contributed by atoms with Gasteiger partial charge in [-0.3, -0.25) is 9.58 Å². The van der Waals surface area contributed by atoms with Crippen LogP contribution in [0.15, 0.2) is 4.47 Å². The molecule has 1 fully saturated rings. The zero-order valence-electron chi connectivity index (χ0n) is 13.4. The highest BCUT2D eigenvalue weighted by Gasteiger charge is 2.25. The molecule has 1 N–H and O–H groups in total. The molecule has 0 radical (unpaired) electrons. The van der Waals surface area contributed by atoms with Crippen LogP contribution >= 0.6 is 15.9 Å². The summed E-state index contributed by atoms with van der Waals surface area (Å²) in [4.78, 5) is 2.51. The van der Waals surface area contributed by atoms with E-state index < -0.39 is 0 Å². The molecule has 120 valence electrons. The Hall–Kier alpha value is -0.430. The van der Waals surface area contributed by atoms with Crippen LogP contribution in [0.2, 0.25) is 0 Å². The van der Waals surface area contributed by atoms with E-state index in [2.05, 4.69) is 45.1 Å². The average molecular weight is 359 g/mol. The summed E-state index contributed by atoms with van der Waals surface area (Å²) in [6.45, 7) is 9.94. The molecular weight excluding hydrogens is 332 g/mol. The van der Waals surface area contributed by atoms with Crippen LogP contribution in [0.1, 0.15) is 31.7 Å². The van der Waals surface area contributed by atoms with Crippen LogP contribution in [-0.2, 0) is 24.8 Å². The van der Waals surface area contributed by atoms with Gasteiger partial charge < -0.3 is 10.1 Å². The zero-order chi connectivity index (χ0) is 15.2. The second-order valence-corrected chi connectivity index (χ2v) is 6.38. The topological polar surface area (TPSA) is 42.3 Å². The number of hydrogen-bond donors (Lipinski definition) is 1. The van der Waals surface area contributed by atoms with Crippen LogP contribution in [-0.4, -0.2) is 53.6 Å². The molecule has 0 amide bonds. The third kappa shape index (κ3) is 4.28. The van der Waals surface area contributed by atoms with Crippen LogP contribution in [0, 0.1) is 0 Å². The Morgan fingerprint density at radius 3 is 2.90 bits per heavy atom. The molecule has 1 atom stereocenters.